The molecule has 1 aliphatic rings. The monoisotopic (exact) mass is 303 g/mol. The Morgan fingerprint density at radius 1 is 1.14 bits per heavy atom. The van der Waals surface area contributed by atoms with E-state index in [1.165, 1.54) is 31.7 Å². The minimum Gasteiger partial charge on any atom is -0.312 e. The number of nitrogens with one attached hydrogen (secondary N) is 1. The van der Waals surface area contributed by atoms with Crippen molar-refractivity contribution in [3.63, 3.8) is 0 Å². The van der Waals surface area contributed by atoms with E-state index < -0.39 is 17.6 Å². The summed E-state index contributed by atoms with van der Waals surface area (Å²) in [5, 5.41) is 3.19. The summed E-state index contributed by atoms with van der Waals surface area (Å²) in [6.07, 6.45) is 0.151. The third kappa shape index (κ3) is 4.70. The molecule has 0 saturated heterocycles. The molecule has 1 saturated carbocycles. The van der Waals surface area contributed by atoms with Gasteiger partial charge in [0.25, 0.3) is 0 Å². The van der Waals surface area contributed by atoms with Crippen molar-refractivity contribution in [2.45, 2.75) is 45.3 Å². The lowest BCUT2D eigenvalue weighted by Crippen LogP contribution is -2.25. The highest BCUT2D eigenvalue weighted by Crippen LogP contribution is 2.32. The molecule has 0 unspecified atom stereocenters. The van der Waals surface area contributed by atoms with Crippen LogP contribution in [0.5, 0.6) is 0 Å². The van der Waals surface area contributed by atoms with Gasteiger partial charge in [0, 0.05) is 6.54 Å². The van der Waals surface area contributed by atoms with E-state index >= 15 is 0 Å². The Hall–Kier alpha value is -1.10. The standard InChI is InChI=1S/C16H21F4N/c1-11-2-4-12(5-3-11)9-21-10-13-6-7-15(17)14(8-13)16(18,19)20/h6-8,11-12,21H,2-5,9-10H2,1H3. The molecule has 0 spiro atoms. The van der Waals surface area contributed by atoms with Gasteiger partial charge in [-0.1, -0.05) is 25.8 Å². The summed E-state index contributed by atoms with van der Waals surface area (Å²) < 4.78 is 51.0. The van der Waals surface area contributed by atoms with Gasteiger partial charge in [0.15, 0.2) is 0 Å². The maximum Gasteiger partial charge on any atom is 0.419 e. The molecule has 0 aliphatic heterocycles. The lowest BCUT2D eigenvalue weighted by molar-refractivity contribution is -0.140. The summed E-state index contributed by atoms with van der Waals surface area (Å²) in [5.41, 5.74) is -0.721. The van der Waals surface area contributed by atoms with Crippen LogP contribution in [0.25, 0.3) is 0 Å². The van der Waals surface area contributed by atoms with E-state index in [-0.39, 0.29) is 0 Å². The van der Waals surface area contributed by atoms with Gasteiger partial charge in [0.2, 0.25) is 0 Å². The lowest BCUT2D eigenvalue weighted by atomic mass is 9.83. The molecule has 0 bridgehead atoms. The van der Waals surface area contributed by atoms with Crippen LogP contribution in [0.15, 0.2) is 18.2 Å². The molecular formula is C16H21F4N. The van der Waals surface area contributed by atoms with Crippen molar-refractivity contribution in [3.05, 3.63) is 35.1 Å². The minimum absolute atomic E-state index is 0.343. The first-order chi connectivity index (χ1) is 9.86. The van der Waals surface area contributed by atoms with Crippen LogP contribution in [0.4, 0.5) is 17.6 Å². The Morgan fingerprint density at radius 2 is 1.81 bits per heavy atom. The van der Waals surface area contributed by atoms with Crippen LogP contribution < -0.4 is 5.32 Å². The molecule has 0 amide bonds. The first-order valence-electron chi connectivity index (χ1n) is 7.42. The lowest BCUT2D eigenvalue weighted by Gasteiger charge is -2.26. The Morgan fingerprint density at radius 3 is 2.43 bits per heavy atom. The van der Waals surface area contributed by atoms with Crippen LogP contribution in [0.1, 0.15) is 43.7 Å². The largest absolute Gasteiger partial charge is 0.419 e. The van der Waals surface area contributed by atoms with Crippen LogP contribution in [-0.2, 0) is 12.7 Å². The van der Waals surface area contributed by atoms with Crippen molar-refractivity contribution in [2.75, 3.05) is 6.54 Å². The smallest absolute Gasteiger partial charge is 0.312 e. The fraction of sp³-hybridized carbons (Fsp3) is 0.625. The molecule has 2 rings (SSSR count). The highest BCUT2D eigenvalue weighted by Gasteiger charge is 2.34. The molecule has 1 aromatic rings. The van der Waals surface area contributed by atoms with E-state index in [2.05, 4.69) is 12.2 Å². The summed E-state index contributed by atoms with van der Waals surface area (Å²) in [6.45, 7) is 3.40. The molecule has 21 heavy (non-hydrogen) atoms. The SMILES string of the molecule is CC1CCC(CNCc2ccc(F)c(C(F)(F)F)c2)CC1. The molecule has 5 heteroatoms. The van der Waals surface area contributed by atoms with Crippen LogP contribution in [0, 0.1) is 17.7 Å². The highest BCUT2D eigenvalue weighted by atomic mass is 19.4. The van der Waals surface area contributed by atoms with Crippen molar-refractivity contribution in [1.82, 2.24) is 5.32 Å². The molecule has 1 aliphatic carbocycles. The number of halogens is 4. The molecule has 0 aromatic heterocycles. The average molecular weight is 303 g/mol. The average Bonchev–Trinajstić information content (AvgIpc) is 2.41. The van der Waals surface area contributed by atoms with E-state index in [1.54, 1.807) is 0 Å². The van der Waals surface area contributed by atoms with Crippen molar-refractivity contribution >= 4 is 0 Å². The zero-order valence-corrected chi connectivity index (χ0v) is 12.1. The topological polar surface area (TPSA) is 12.0 Å². The summed E-state index contributed by atoms with van der Waals surface area (Å²) in [7, 11) is 0. The molecule has 0 heterocycles. The van der Waals surface area contributed by atoms with Crippen LogP contribution in [0.2, 0.25) is 0 Å². The predicted octanol–water partition coefficient (Wildman–Crippen LogP) is 4.76. The maximum absolute atomic E-state index is 13.2. The predicted molar refractivity (Wildman–Crippen MR) is 74.2 cm³/mol. The molecule has 1 fully saturated rings. The highest BCUT2D eigenvalue weighted by molar-refractivity contribution is 5.27. The molecular weight excluding hydrogens is 282 g/mol. The summed E-state index contributed by atoms with van der Waals surface area (Å²) in [4.78, 5) is 0. The summed E-state index contributed by atoms with van der Waals surface area (Å²) in [5.74, 6) is 0.170. The first kappa shape index (κ1) is 16.3. The fourth-order valence-corrected chi connectivity index (χ4v) is 2.85. The first-order valence-corrected chi connectivity index (χ1v) is 7.42. The Balaban J connectivity index is 1.86. The number of hydrogen-bond donors (Lipinski definition) is 1. The van der Waals surface area contributed by atoms with Gasteiger partial charge in [-0.3, -0.25) is 0 Å². The zero-order chi connectivity index (χ0) is 15.5. The van der Waals surface area contributed by atoms with Gasteiger partial charge in [-0.25, -0.2) is 4.39 Å². The number of hydrogen-bond acceptors (Lipinski definition) is 1. The summed E-state index contributed by atoms with van der Waals surface area (Å²) in [6, 6.07) is 3.19. The third-order valence-corrected chi connectivity index (χ3v) is 4.23. The molecule has 1 nitrogen and oxygen atoms in total. The molecule has 1 aromatic carbocycles. The van der Waals surface area contributed by atoms with Gasteiger partial charge in [0.05, 0.1) is 5.56 Å². The Labute approximate surface area is 122 Å². The van der Waals surface area contributed by atoms with Crippen molar-refractivity contribution in [1.29, 1.82) is 0 Å². The molecule has 0 atom stereocenters. The number of alkyl halides is 3. The Bertz CT molecular complexity index is 462. The minimum atomic E-state index is -4.64. The van der Waals surface area contributed by atoms with E-state index in [1.807, 2.05) is 0 Å². The number of benzene rings is 1. The quantitative estimate of drug-likeness (QED) is 0.791. The van der Waals surface area contributed by atoms with Gasteiger partial charge in [-0.15, -0.1) is 0 Å². The molecule has 1 N–H and O–H groups in total. The van der Waals surface area contributed by atoms with E-state index in [9.17, 15) is 17.6 Å². The Kier molecular flexibility index (Phi) is 5.25. The number of rotatable bonds is 4. The molecule has 118 valence electrons. The van der Waals surface area contributed by atoms with Gasteiger partial charge < -0.3 is 5.32 Å². The summed E-state index contributed by atoms with van der Waals surface area (Å²) >= 11 is 0. The van der Waals surface area contributed by atoms with Crippen molar-refractivity contribution < 1.29 is 17.6 Å². The zero-order valence-electron chi connectivity index (χ0n) is 12.1. The van der Waals surface area contributed by atoms with Crippen molar-refractivity contribution in [2.24, 2.45) is 11.8 Å². The second-order valence-corrected chi connectivity index (χ2v) is 6.07. The van der Waals surface area contributed by atoms with Crippen LogP contribution >= 0.6 is 0 Å². The van der Waals surface area contributed by atoms with Gasteiger partial charge in [-0.05, 0) is 48.9 Å². The van der Waals surface area contributed by atoms with E-state index in [0.717, 1.165) is 24.6 Å². The van der Waals surface area contributed by atoms with Crippen molar-refractivity contribution in [3.8, 4) is 0 Å². The third-order valence-electron chi connectivity index (χ3n) is 4.23. The van der Waals surface area contributed by atoms with Crippen LogP contribution in [0.3, 0.4) is 0 Å². The molecule has 0 radical (unpaired) electrons. The maximum atomic E-state index is 13.2. The van der Waals surface area contributed by atoms with Gasteiger partial charge in [-0.2, -0.15) is 13.2 Å². The van der Waals surface area contributed by atoms with Gasteiger partial charge >= 0.3 is 6.18 Å². The van der Waals surface area contributed by atoms with Crippen LogP contribution in [-0.4, -0.2) is 6.54 Å². The second-order valence-electron chi connectivity index (χ2n) is 6.07. The van der Waals surface area contributed by atoms with E-state index in [0.29, 0.717) is 18.0 Å². The van der Waals surface area contributed by atoms with Gasteiger partial charge in [0.1, 0.15) is 5.82 Å². The second kappa shape index (κ2) is 6.77. The normalized spacial score (nSPS) is 23.3. The fourth-order valence-electron chi connectivity index (χ4n) is 2.85. The van der Waals surface area contributed by atoms with E-state index in [4.69, 9.17) is 0 Å².